The van der Waals surface area contributed by atoms with Crippen molar-refractivity contribution in [3.8, 4) is 0 Å². The predicted octanol–water partition coefficient (Wildman–Crippen LogP) is 3.15. The van der Waals surface area contributed by atoms with Crippen molar-refractivity contribution in [3.05, 3.63) is 28.5 Å². The van der Waals surface area contributed by atoms with Crippen molar-refractivity contribution in [2.45, 2.75) is 19.3 Å². The molecule has 0 radical (unpaired) electrons. The maximum atomic E-state index is 13.8. The number of halogens is 3. The summed E-state index contributed by atoms with van der Waals surface area (Å²) in [6, 6.07) is 2.38. The van der Waals surface area contributed by atoms with Gasteiger partial charge in [-0.15, -0.1) is 0 Å². The van der Waals surface area contributed by atoms with E-state index in [-0.39, 0.29) is 22.8 Å². The van der Waals surface area contributed by atoms with E-state index in [4.69, 9.17) is 11.6 Å². The number of anilines is 1. The number of benzene rings is 1. The molecule has 0 fully saturated rings. The molecule has 6 heteroatoms. The van der Waals surface area contributed by atoms with Gasteiger partial charge in [0.15, 0.2) is 0 Å². The molecule has 19 heavy (non-hydrogen) atoms. The van der Waals surface area contributed by atoms with E-state index in [2.05, 4.69) is 0 Å². The Morgan fingerprint density at radius 2 is 1.89 bits per heavy atom. The SMILES string of the molecule is O=C1C(=O)N(CCCCCF)c2c(F)ccc(Cl)c21. The van der Waals surface area contributed by atoms with Crippen LogP contribution in [0.5, 0.6) is 0 Å². The zero-order valence-electron chi connectivity index (χ0n) is 10.1. The largest absolute Gasteiger partial charge is 0.302 e. The highest BCUT2D eigenvalue weighted by Crippen LogP contribution is 2.36. The number of nitrogens with zero attached hydrogens (tertiary/aromatic N) is 1. The first-order chi connectivity index (χ1) is 9.07. The quantitative estimate of drug-likeness (QED) is 0.616. The Hall–Kier alpha value is -1.49. The van der Waals surface area contributed by atoms with Crippen molar-refractivity contribution < 1.29 is 18.4 Å². The van der Waals surface area contributed by atoms with Crippen LogP contribution in [-0.4, -0.2) is 24.9 Å². The van der Waals surface area contributed by atoms with Crippen LogP contribution in [0.1, 0.15) is 29.6 Å². The number of Topliss-reactive ketones (excluding diaryl/α,β-unsaturated/α-hetero) is 1. The maximum Gasteiger partial charge on any atom is 0.299 e. The normalized spacial score (nSPS) is 14.2. The van der Waals surface area contributed by atoms with Crippen LogP contribution in [0.15, 0.2) is 12.1 Å². The van der Waals surface area contributed by atoms with E-state index in [1.807, 2.05) is 0 Å². The summed E-state index contributed by atoms with van der Waals surface area (Å²) in [5.41, 5.74) is -0.125. The van der Waals surface area contributed by atoms with Crippen molar-refractivity contribution in [1.82, 2.24) is 0 Å². The van der Waals surface area contributed by atoms with E-state index >= 15 is 0 Å². The highest BCUT2D eigenvalue weighted by Gasteiger charge is 2.39. The topological polar surface area (TPSA) is 37.4 Å². The van der Waals surface area contributed by atoms with E-state index in [1.165, 1.54) is 6.07 Å². The summed E-state index contributed by atoms with van der Waals surface area (Å²) in [5.74, 6) is -2.21. The van der Waals surface area contributed by atoms with Crippen molar-refractivity contribution >= 4 is 29.0 Å². The van der Waals surface area contributed by atoms with Gasteiger partial charge in [-0.05, 0) is 31.4 Å². The highest BCUT2D eigenvalue weighted by atomic mass is 35.5. The molecule has 1 amide bonds. The number of rotatable bonds is 5. The minimum Gasteiger partial charge on any atom is -0.302 e. The molecule has 0 unspecified atom stereocenters. The lowest BCUT2D eigenvalue weighted by atomic mass is 10.1. The first kappa shape index (κ1) is 13.9. The molecule has 0 aliphatic carbocycles. The van der Waals surface area contributed by atoms with Gasteiger partial charge >= 0.3 is 0 Å². The number of carbonyl (C=O) groups is 2. The fourth-order valence-electron chi connectivity index (χ4n) is 2.11. The molecule has 102 valence electrons. The van der Waals surface area contributed by atoms with Crippen molar-refractivity contribution in [2.24, 2.45) is 0 Å². The van der Waals surface area contributed by atoms with Crippen LogP contribution < -0.4 is 4.90 Å². The van der Waals surface area contributed by atoms with Crippen molar-refractivity contribution in [2.75, 3.05) is 18.1 Å². The molecule has 1 aromatic carbocycles. The lowest BCUT2D eigenvalue weighted by Gasteiger charge is -2.16. The average molecular weight is 288 g/mol. The number of hydrogen-bond acceptors (Lipinski definition) is 2. The van der Waals surface area contributed by atoms with Crippen LogP contribution >= 0.6 is 11.6 Å². The minimum atomic E-state index is -0.787. The molecule has 0 N–H and O–H groups in total. The monoisotopic (exact) mass is 287 g/mol. The molecule has 0 saturated heterocycles. The predicted molar refractivity (Wildman–Crippen MR) is 67.9 cm³/mol. The Bertz CT molecular complexity index is 534. The average Bonchev–Trinajstić information content (AvgIpc) is 2.65. The van der Waals surface area contributed by atoms with Gasteiger partial charge in [0.25, 0.3) is 11.7 Å². The summed E-state index contributed by atoms with van der Waals surface area (Å²) >= 11 is 5.83. The summed E-state index contributed by atoms with van der Waals surface area (Å²) in [7, 11) is 0. The lowest BCUT2D eigenvalue weighted by molar-refractivity contribution is -0.114. The molecule has 1 aliphatic heterocycles. The molecule has 3 nitrogen and oxygen atoms in total. The summed E-state index contributed by atoms with van der Waals surface area (Å²) in [6.07, 6.45) is 1.47. The molecule has 0 aromatic heterocycles. The Kier molecular flexibility index (Phi) is 4.14. The van der Waals surface area contributed by atoms with E-state index in [9.17, 15) is 18.4 Å². The fourth-order valence-corrected chi connectivity index (χ4v) is 2.34. The van der Waals surface area contributed by atoms with Gasteiger partial charge in [-0.25, -0.2) is 4.39 Å². The third kappa shape index (κ3) is 2.47. The minimum absolute atomic E-state index is 0.0530. The molecule has 1 aromatic rings. The smallest absolute Gasteiger partial charge is 0.299 e. The van der Waals surface area contributed by atoms with Gasteiger partial charge in [0.2, 0.25) is 0 Å². The maximum absolute atomic E-state index is 13.8. The third-order valence-corrected chi connectivity index (χ3v) is 3.34. The Morgan fingerprint density at radius 3 is 2.58 bits per heavy atom. The van der Waals surface area contributed by atoms with Gasteiger partial charge in [0, 0.05) is 6.54 Å². The number of ketones is 1. The summed E-state index contributed by atoms with van der Waals surface area (Å²) < 4.78 is 25.8. The lowest BCUT2D eigenvalue weighted by Crippen LogP contribution is -2.31. The van der Waals surface area contributed by atoms with E-state index in [0.717, 1.165) is 11.0 Å². The van der Waals surface area contributed by atoms with Gasteiger partial charge in [-0.3, -0.25) is 14.0 Å². The van der Waals surface area contributed by atoms with Gasteiger partial charge in [-0.1, -0.05) is 11.6 Å². The molecule has 0 atom stereocenters. The number of fused-ring (bicyclic) bond motifs is 1. The summed E-state index contributed by atoms with van der Waals surface area (Å²) in [5, 5.41) is 0.0704. The van der Waals surface area contributed by atoms with E-state index < -0.39 is 24.2 Å². The first-order valence-corrected chi connectivity index (χ1v) is 6.36. The van der Waals surface area contributed by atoms with E-state index in [1.54, 1.807) is 0 Å². The number of unbranched alkanes of at least 4 members (excludes halogenated alkanes) is 2. The molecule has 2 rings (SSSR count). The molecular weight excluding hydrogens is 276 g/mol. The summed E-state index contributed by atoms with van der Waals surface area (Å²) in [4.78, 5) is 24.7. The standard InChI is InChI=1S/C13H12ClF2NO2/c14-8-4-5-9(16)11-10(8)12(18)13(19)17(11)7-3-1-2-6-15/h4-5H,1-3,6-7H2. The number of alkyl halides is 1. The van der Waals surface area contributed by atoms with Crippen LogP contribution in [0.25, 0.3) is 0 Å². The number of amides is 1. The first-order valence-electron chi connectivity index (χ1n) is 5.98. The molecular formula is C13H12ClF2NO2. The van der Waals surface area contributed by atoms with Gasteiger partial charge < -0.3 is 4.90 Å². The molecule has 0 bridgehead atoms. The van der Waals surface area contributed by atoms with Crippen LogP contribution in [0.4, 0.5) is 14.5 Å². The second-order valence-corrected chi connectivity index (χ2v) is 4.70. The van der Waals surface area contributed by atoms with Crippen LogP contribution in [0.2, 0.25) is 5.02 Å². The highest BCUT2D eigenvalue weighted by molar-refractivity contribution is 6.55. The van der Waals surface area contributed by atoms with Gasteiger partial charge in [0.05, 0.1) is 22.9 Å². The second-order valence-electron chi connectivity index (χ2n) is 4.29. The molecule has 1 heterocycles. The fraction of sp³-hybridized carbons (Fsp3) is 0.385. The number of hydrogen-bond donors (Lipinski definition) is 0. The third-order valence-electron chi connectivity index (χ3n) is 3.03. The molecule has 0 spiro atoms. The van der Waals surface area contributed by atoms with Crippen LogP contribution in [0, 0.1) is 5.82 Å². The van der Waals surface area contributed by atoms with E-state index in [0.29, 0.717) is 19.3 Å². The number of carbonyl (C=O) groups excluding carboxylic acids is 2. The molecule has 1 aliphatic rings. The Labute approximate surface area is 114 Å². The van der Waals surface area contributed by atoms with Crippen LogP contribution in [-0.2, 0) is 4.79 Å². The molecule has 0 saturated carbocycles. The Balaban J connectivity index is 2.26. The van der Waals surface area contributed by atoms with Crippen molar-refractivity contribution in [1.29, 1.82) is 0 Å². The zero-order valence-corrected chi connectivity index (χ0v) is 10.8. The Morgan fingerprint density at radius 1 is 1.16 bits per heavy atom. The summed E-state index contributed by atoms with van der Waals surface area (Å²) in [6.45, 7) is -0.238. The van der Waals surface area contributed by atoms with Gasteiger partial charge in [0.1, 0.15) is 5.82 Å². The zero-order chi connectivity index (χ0) is 14.0. The second kappa shape index (κ2) is 5.65. The van der Waals surface area contributed by atoms with Gasteiger partial charge in [-0.2, -0.15) is 0 Å². The van der Waals surface area contributed by atoms with Crippen LogP contribution in [0.3, 0.4) is 0 Å². The van der Waals surface area contributed by atoms with Crippen molar-refractivity contribution in [3.63, 3.8) is 0 Å².